The van der Waals surface area contributed by atoms with Crippen LogP contribution in [-0.2, 0) is 65.4 Å². The van der Waals surface area contributed by atoms with Crippen LogP contribution in [0.25, 0.3) is 0 Å². The van der Waals surface area contributed by atoms with E-state index in [9.17, 15) is 43.2 Å². The molecule has 0 aromatic rings. The largest absolute Gasteiger partial charge is 0.472 e. The Labute approximate surface area is 575 Å². The van der Waals surface area contributed by atoms with Gasteiger partial charge in [0.2, 0.25) is 0 Å². The van der Waals surface area contributed by atoms with Gasteiger partial charge in [0.25, 0.3) is 0 Å². The van der Waals surface area contributed by atoms with Gasteiger partial charge < -0.3 is 33.8 Å². The highest BCUT2D eigenvalue weighted by Crippen LogP contribution is 2.45. The summed E-state index contributed by atoms with van der Waals surface area (Å²) in [5.74, 6) is -2.11. The molecule has 2 unspecified atom stereocenters. The third-order valence-electron chi connectivity index (χ3n) is 17.6. The number of phosphoric ester groups is 2. The van der Waals surface area contributed by atoms with Crippen molar-refractivity contribution in [2.24, 2.45) is 0 Å². The lowest BCUT2D eigenvalue weighted by molar-refractivity contribution is -0.161. The molecule has 17 nitrogen and oxygen atoms in total. The zero-order chi connectivity index (χ0) is 69.0. The molecule has 0 aliphatic rings. The van der Waals surface area contributed by atoms with Crippen molar-refractivity contribution in [2.45, 2.75) is 418 Å². The van der Waals surface area contributed by atoms with E-state index in [1.165, 1.54) is 231 Å². The van der Waals surface area contributed by atoms with Crippen LogP contribution >= 0.6 is 15.6 Å². The van der Waals surface area contributed by atoms with Crippen LogP contribution in [0.2, 0.25) is 0 Å². The van der Waals surface area contributed by atoms with E-state index in [1.807, 2.05) is 0 Å². The van der Waals surface area contributed by atoms with E-state index in [0.717, 1.165) is 89.9 Å². The van der Waals surface area contributed by atoms with Crippen LogP contribution in [0.3, 0.4) is 0 Å². The molecule has 0 amide bonds. The molecule has 0 saturated carbocycles. The van der Waals surface area contributed by atoms with Crippen molar-refractivity contribution in [3.63, 3.8) is 0 Å². The van der Waals surface area contributed by atoms with E-state index in [0.29, 0.717) is 25.7 Å². The molecule has 0 aliphatic heterocycles. The highest BCUT2D eigenvalue weighted by Gasteiger charge is 2.30. The van der Waals surface area contributed by atoms with Crippen LogP contribution in [0.1, 0.15) is 400 Å². The molecule has 0 radical (unpaired) electrons. The summed E-state index contributed by atoms with van der Waals surface area (Å²) in [6.07, 6.45) is 59.7. The van der Waals surface area contributed by atoms with E-state index >= 15 is 0 Å². The lowest BCUT2D eigenvalue weighted by Crippen LogP contribution is -2.30. The van der Waals surface area contributed by atoms with Gasteiger partial charge in [-0.3, -0.25) is 37.3 Å². The number of hydrogen-bond acceptors (Lipinski definition) is 15. The average Bonchev–Trinajstić information content (AvgIpc) is 1.67. The quantitative estimate of drug-likeness (QED) is 0.0222. The maximum atomic E-state index is 13.1. The summed E-state index contributed by atoms with van der Waals surface area (Å²) >= 11 is 0. The molecular weight excluding hydrogens is 1230 g/mol. The number of ether oxygens (including phenoxy) is 4. The number of hydrogen-bond donors (Lipinski definition) is 3. The van der Waals surface area contributed by atoms with E-state index < -0.39 is 97.5 Å². The molecule has 0 bridgehead atoms. The molecule has 0 aromatic carbocycles. The van der Waals surface area contributed by atoms with E-state index in [1.54, 1.807) is 0 Å². The number of aliphatic hydroxyl groups is 1. The monoisotopic (exact) mass is 1380 g/mol. The van der Waals surface area contributed by atoms with Gasteiger partial charge in [-0.2, -0.15) is 0 Å². The molecule has 94 heavy (non-hydrogen) atoms. The fraction of sp³-hybridized carbons (Fsp3) is 0.947. The van der Waals surface area contributed by atoms with Gasteiger partial charge in [-0.25, -0.2) is 9.13 Å². The summed E-state index contributed by atoms with van der Waals surface area (Å²) in [5.41, 5.74) is 0. The van der Waals surface area contributed by atoms with Gasteiger partial charge in [0.1, 0.15) is 19.3 Å². The third-order valence-corrected chi connectivity index (χ3v) is 19.5. The fourth-order valence-corrected chi connectivity index (χ4v) is 13.2. The first-order chi connectivity index (χ1) is 45.7. The second-order valence-corrected chi connectivity index (χ2v) is 29.9. The maximum Gasteiger partial charge on any atom is 0.472 e. The van der Waals surface area contributed by atoms with E-state index in [2.05, 4.69) is 27.7 Å². The number of phosphoric acid groups is 2. The first kappa shape index (κ1) is 92.1. The second kappa shape index (κ2) is 69.5. The van der Waals surface area contributed by atoms with Crippen molar-refractivity contribution in [3.05, 3.63) is 0 Å². The number of carbonyl (C=O) groups excluding carboxylic acids is 4. The van der Waals surface area contributed by atoms with E-state index in [4.69, 9.17) is 37.0 Å². The number of unbranched alkanes of at least 4 members (excludes halogenated alkanes) is 50. The third kappa shape index (κ3) is 68.6. The SMILES string of the molecule is CCCCCCCCCCCCCCCCCCCCCC(=O)O[C@H](COC(=O)CCCCCCCCCCCCCCCCCC)COP(=O)(O)OC[C@@H](O)COP(=O)(O)OC[C@@H](COC(=O)CCCCCCCCCCC)OC(=O)CCCCCCCCCCCC. The highest BCUT2D eigenvalue weighted by atomic mass is 31.2. The maximum absolute atomic E-state index is 13.1. The summed E-state index contributed by atoms with van der Waals surface area (Å²) in [6, 6.07) is 0. The normalized spacial score (nSPS) is 13.9. The molecule has 0 aromatic heterocycles. The summed E-state index contributed by atoms with van der Waals surface area (Å²) in [4.78, 5) is 72.7. The molecule has 0 aliphatic carbocycles. The summed E-state index contributed by atoms with van der Waals surface area (Å²) < 4.78 is 68.4. The molecule has 0 spiro atoms. The molecule has 19 heteroatoms. The number of rotatable bonds is 76. The summed E-state index contributed by atoms with van der Waals surface area (Å²) in [5, 5.41) is 10.6. The van der Waals surface area contributed by atoms with E-state index in [-0.39, 0.29) is 25.7 Å². The van der Waals surface area contributed by atoms with Crippen LogP contribution in [0, 0.1) is 0 Å². The van der Waals surface area contributed by atoms with Crippen LogP contribution in [0.5, 0.6) is 0 Å². The smallest absolute Gasteiger partial charge is 0.462 e. The Morgan fingerprint density at radius 2 is 0.426 bits per heavy atom. The summed E-state index contributed by atoms with van der Waals surface area (Å²) in [6.45, 7) is 4.96. The summed E-state index contributed by atoms with van der Waals surface area (Å²) in [7, 11) is -9.90. The number of aliphatic hydroxyl groups excluding tert-OH is 1. The van der Waals surface area contributed by atoms with Crippen LogP contribution < -0.4 is 0 Å². The minimum atomic E-state index is -4.95. The zero-order valence-corrected chi connectivity index (χ0v) is 62.7. The van der Waals surface area contributed by atoms with Crippen molar-refractivity contribution in [2.75, 3.05) is 39.6 Å². The Morgan fingerprint density at radius 3 is 0.628 bits per heavy atom. The second-order valence-electron chi connectivity index (χ2n) is 27.0. The first-order valence-electron chi connectivity index (χ1n) is 39.3. The minimum Gasteiger partial charge on any atom is -0.462 e. The van der Waals surface area contributed by atoms with Crippen molar-refractivity contribution in [3.8, 4) is 0 Å². The lowest BCUT2D eigenvalue weighted by atomic mass is 10.0. The minimum absolute atomic E-state index is 0.107. The topological polar surface area (TPSA) is 237 Å². The predicted octanol–water partition coefficient (Wildman–Crippen LogP) is 22.2. The van der Waals surface area contributed by atoms with Crippen molar-refractivity contribution in [1.29, 1.82) is 0 Å². The molecule has 0 heterocycles. The Hall–Kier alpha value is -1.94. The van der Waals surface area contributed by atoms with Gasteiger partial charge in [0.05, 0.1) is 26.4 Å². The number of esters is 4. The van der Waals surface area contributed by atoms with Crippen LogP contribution in [-0.4, -0.2) is 96.7 Å². The van der Waals surface area contributed by atoms with Gasteiger partial charge >= 0.3 is 39.5 Å². The number of carbonyl (C=O) groups is 4. The Bertz CT molecular complexity index is 1790. The molecular formula is C75H146O17P2. The predicted molar refractivity (Wildman–Crippen MR) is 382 cm³/mol. The standard InChI is InChI=1S/C75H146O17P2/c1-5-9-13-17-21-25-28-30-32-34-35-36-38-40-42-46-50-54-58-62-75(80)92-71(66-86-73(78)60-56-52-48-45-41-39-37-33-31-29-26-22-18-14-10-6-2)68-90-94(83,84)88-64-69(76)63-87-93(81,82)89-67-70(65-85-72(77)59-55-51-47-43-24-20-16-12-8-4)91-74(79)61-57-53-49-44-27-23-19-15-11-7-3/h69-71,76H,5-68H2,1-4H3,(H,81,82)(H,83,84)/t69-,70+,71+/m0/s1. The average molecular weight is 1380 g/mol. The molecule has 0 fully saturated rings. The van der Waals surface area contributed by atoms with Gasteiger partial charge in [-0.05, 0) is 25.7 Å². The molecule has 558 valence electrons. The van der Waals surface area contributed by atoms with Crippen LogP contribution in [0.15, 0.2) is 0 Å². The van der Waals surface area contributed by atoms with Crippen molar-refractivity contribution < 1.29 is 80.2 Å². The Morgan fingerprint density at radius 1 is 0.255 bits per heavy atom. The Balaban J connectivity index is 5.19. The lowest BCUT2D eigenvalue weighted by Gasteiger charge is -2.21. The van der Waals surface area contributed by atoms with Gasteiger partial charge in [0.15, 0.2) is 12.2 Å². The van der Waals surface area contributed by atoms with Gasteiger partial charge in [0, 0.05) is 25.7 Å². The van der Waals surface area contributed by atoms with Crippen molar-refractivity contribution in [1.82, 2.24) is 0 Å². The highest BCUT2D eigenvalue weighted by molar-refractivity contribution is 7.47. The van der Waals surface area contributed by atoms with Gasteiger partial charge in [-0.1, -0.05) is 349 Å². The first-order valence-corrected chi connectivity index (χ1v) is 42.3. The molecule has 3 N–H and O–H groups in total. The van der Waals surface area contributed by atoms with Gasteiger partial charge in [-0.15, -0.1) is 0 Å². The molecule has 0 rings (SSSR count). The fourth-order valence-electron chi connectivity index (χ4n) is 11.6. The Kier molecular flexibility index (Phi) is 68.1. The molecule has 5 atom stereocenters. The molecule has 0 saturated heterocycles. The zero-order valence-electron chi connectivity index (χ0n) is 60.9. The van der Waals surface area contributed by atoms with Crippen molar-refractivity contribution >= 4 is 39.5 Å². The van der Waals surface area contributed by atoms with Crippen LogP contribution in [0.4, 0.5) is 0 Å².